The summed E-state index contributed by atoms with van der Waals surface area (Å²) >= 11 is 0. The van der Waals surface area contributed by atoms with Gasteiger partial charge in [-0.25, -0.2) is 0 Å². The summed E-state index contributed by atoms with van der Waals surface area (Å²) in [6.45, 7) is 9.38. The fourth-order valence-electron chi connectivity index (χ4n) is 6.10. The van der Waals surface area contributed by atoms with Crippen LogP contribution in [0, 0.1) is 17.8 Å². The number of ether oxygens (including phenoxy) is 4. The Balaban J connectivity index is 3.90. The van der Waals surface area contributed by atoms with Gasteiger partial charge in [0.2, 0.25) is 0 Å². The molecule has 0 aliphatic carbocycles. The quantitative estimate of drug-likeness (QED) is 0.0265. The highest BCUT2D eigenvalue weighted by Crippen LogP contribution is 2.18. The van der Waals surface area contributed by atoms with E-state index in [0.717, 1.165) is 89.9 Å². The summed E-state index contributed by atoms with van der Waals surface area (Å²) in [5.74, 6) is 5.46. The fourth-order valence-corrected chi connectivity index (χ4v) is 6.10. The Morgan fingerprint density at radius 2 is 0.815 bits per heavy atom. The van der Waals surface area contributed by atoms with Crippen molar-refractivity contribution in [3.05, 3.63) is 0 Å². The Morgan fingerprint density at radius 3 is 1.31 bits per heavy atom. The SMILES string of the molecule is CCCCC#CCCCCOC(=O)CCCCCC(=O)OCC(C)COC(=O)CCCCCCC(=O)OC(CCCCCCCC)CCCCCCCC. The minimum Gasteiger partial charge on any atom is -0.466 e. The molecule has 0 fully saturated rings. The second-order valence-corrected chi connectivity index (χ2v) is 15.3. The molecule has 0 aromatic carbocycles. The first kappa shape index (κ1) is 51.4. The van der Waals surface area contributed by atoms with Gasteiger partial charge in [0.15, 0.2) is 0 Å². The third kappa shape index (κ3) is 37.7. The third-order valence-electron chi connectivity index (χ3n) is 9.63. The van der Waals surface area contributed by atoms with E-state index >= 15 is 0 Å². The Labute approximate surface area is 331 Å². The molecule has 0 N–H and O–H groups in total. The van der Waals surface area contributed by atoms with E-state index in [0.29, 0.717) is 45.1 Å². The summed E-state index contributed by atoms with van der Waals surface area (Å²) in [6.07, 6.45) is 29.7. The molecule has 0 rings (SSSR count). The third-order valence-corrected chi connectivity index (χ3v) is 9.63. The lowest BCUT2D eigenvalue weighted by Crippen LogP contribution is -2.18. The molecule has 1 atom stereocenters. The smallest absolute Gasteiger partial charge is 0.306 e. The molecule has 0 spiro atoms. The van der Waals surface area contributed by atoms with Crippen LogP contribution in [0.2, 0.25) is 0 Å². The normalized spacial score (nSPS) is 11.5. The van der Waals surface area contributed by atoms with Crippen molar-refractivity contribution in [2.45, 2.75) is 233 Å². The van der Waals surface area contributed by atoms with Crippen molar-refractivity contribution in [1.29, 1.82) is 0 Å². The van der Waals surface area contributed by atoms with Crippen molar-refractivity contribution < 1.29 is 38.1 Å². The van der Waals surface area contributed by atoms with E-state index in [1.807, 2.05) is 6.92 Å². The maximum absolute atomic E-state index is 12.6. The number of rotatable bonds is 38. The molecule has 0 aromatic rings. The highest BCUT2D eigenvalue weighted by molar-refractivity contribution is 5.70. The molecule has 8 heteroatoms. The molecule has 54 heavy (non-hydrogen) atoms. The van der Waals surface area contributed by atoms with E-state index in [2.05, 4.69) is 32.6 Å². The average molecular weight is 763 g/mol. The molecule has 0 heterocycles. The molecule has 0 saturated heterocycles. The van der Waals surface area contributed by atoms with E-state index < -0.39 is 0 Å². The molecular formula is C46H82O8. The Bertz CT molecular complexity index is 952. The zero-order chi connectivity index (χ0) is 39.7. The van der Waals surface area contributed by atoms with Gasteiger partial charge in [0, 0.05) is 44.4 Å². The lowest BCUT2D eigenvalue weighted by molar-refractivity contribution is -0.151. The first-order valence-electron chi connectivity index (χ1n) is 22.4. The Kier molecular flexibility index (Phi) is 38.2. The zero-order valence-electron chi connectivity index (χ0n) is 35.5. The largest absolute Gasteiger partial charge is 0.466 e. The van der Waals surface area contributed by atoms with Crippen LogP contribution in [0.5, 0.6) is 0 Å². The Morgan fingerprint density at radius 1 is 0.426 bits per heavy atom. The fraction of sp³-hybridized carbons (Fsp3) is 0.870. The maximum Gasteiger partial charge on any atom is 0.306 e. The van der Waals surface area contributed by atoms with Gasteiger partial charge in [-0.15, -0.1) is 11.8 Å². The van der Waals surface area contributed by atoms with Crippen LogP contribution >= 0.6 is 0 Å². The summed E-state index contributed by atoms with van der Waals surface area (Å²) < 4.78 is 22.0. The van der Waals surface area contributed by atoms with Crippen molar-refractivity contribution in [3.63, 3.8) is 0 Å². The van der Waals surface area contributed by atoms with Crippen molar-refractivity contribution in [2.24, 2.45) is 5.92 Å². The minimum atomic E-state index is -0.274. The molecule has 0 radical (unpaired) electrons. The highest BCUT2D eigenvalue weighted by Gasteiger charge is 2.15. The summed E-state index contributed by atoms with van der Waals surface area (Å²) in [5.41, 5.74) is 0. The topological polar surface area (TPSA) is 105 Å². The van der Waals surface area contributed by atoms with Gasteiger partial charge in [0.25, 0.3) is 0 Å². The number of carbonyl (C=O) groups excluding carboxylic acids is 4. The number of esters is 4. The standard InChI is InChI=1S/C46H82O8/c1-5-8-11-14-17-18-23-31-38-51-43(47)34-29-24-30-36-45(49)53-40-41(4)39-52-44(48)35-27-21-22-28-37-46(50)54-42(32-25-19-15-12-9-6-2)33-26-20-16-13-10-7-3/h41-42H,5-13,15-16,18-40H2,1-4H3. The van der Waals surface area contributed by atoms with Crippen LogP contribution in [0.15, 0.2) is 0 Å². The first-order valence-corrected chi connectivity index (χ1v) is 22.4. The second-order valence-electron chi connectivity index (χ2n) is 15.3. The maximum atomic E-state index is 12.6. The number of hydrogen-bond donors (Lipinski definition) is 0. The first-order chi connectivity index (χ1) is 26.3. The summed E-state index contributed by atoms with van der Waals surface area (Å²) in [6, 6.07) is 0. The van der Waals surface area contributed by atoms with Crippen molar-refractivity contribution in [3.8, 4) is 11.8 Å². The monoisotopic (exact) mass is 763 g/mol. The van der Waals surface area contributed by atoms with Gasteiger partial charge in [-0.1, -0.05) is 118 Å². The summed E-state index contributed by atoms with van der Waals surface area (Å²) in [5, 5.41) is 0. The van der Waals surface area contributed by atoms with Gasteiger partial charge in [-0.05, 0) is 70.6 Å². The van der Waals surface area contributed by atoms with Gasteiger partial charge >= 0.3 is 23.9 Å². The summed E-state index contributed by atoms with van der Waals surface area (Å²) in [4.78, 5) is 48.8. The van der Waals surface area contributed by atoms with Gasteiger partial charge in [-0.3, -0.25) is 19.2 Å². The van der Waals surface area contributed by atoms with Crippen LogP contribution in [0.3, 0.4) is 0 Å². The number of unbranched alkanes of at least 4 members (excludes halogenated alkanes) is 19. The second kappa shape index (κ2) is 40.1. The van der Waals surface area contributed by atoms with Crippen LogP contribution in [-0.4, -0.2) is 49.8 Å². The summed E-state index contributed by atoms with van der Waals surface area (Å²) in [7, 11) is 0. The zero-order valence-corrected chi connectivity index (χ0v) is 35.5. The molecule has 0 aliphatic heterocycles. The molecule has 0 aliphatic rings. The lowest BCUT2D eigenvalue weighted by Gasteiger charge is -2.18. The van der Waals surface area contributed by atoms with Gasteiger partial charge in [0.05, 0.1) is 19.8 Å². The van der Waals surface area contributed by atoms with Crippen LogP contribution in [0.4, 0.5) is 0 Å². The molecule has 0 bridgehead atoms. The Hall–Kier alpha value is -2.56. The molecule has 0 aromatic heterocycles. The van der Waals surface area contributed by atoms with Gasteiger partial charge < -0.3 is 18.9 Å². The molecule has 1 unspecified atom stereocenters. The molecule has 0 amide bonds. The lowest BCUT2D eigenvalue weighted by atomic mass is 10.0. The predicted octanol–water partition coefficient (Wildman–Crippen LogP) is 12.3. The average Bonchev–Trinajstić information content (AvgIpc) is 3.16. The minimum absolute atomic E-state index is 0.0515. The van der Waals surface area contributed by atoms with E-state index in [9.17, 15) is 19.2 Å². The van der Waals surface area contributed by atoms with Crippen LogP contribution in [-0.2, 0) is 38.1 Å². The van der Waals surface area contributed by atoms with Crippen LogP contribution in [0.1, 0.15) is 227 Å². The van der Waals surface area contributed by atoms with Gasteiger partial charge in [0.1, 0.15) is 6.10 Å². The van der Waals surface area contributed by atoms with Crippen molar-refractivity contribution in [1.82, 2.24) is 0 Å². The molecular weight excluding hydrogens is 680 g/mol. The van der Waals surface area contributed by atoms with Crippen LogP contribution < -0.4 is 0 Å². The van der Waals surface area contributed by atoms with Crippen molar-refractivity contribution >= 4 is 23.9 Å². The predicted molar refractivity (Wildman–Crippen MR) is 220 cm³/mol. The van der Waals surface area contributed by atoms with E-state index in [1.165, 1.54) is 70.6 Å². The van der Waals surface area contributed by atoms with E-state index in [-0.39, 0.29) is 49.1 Å². The van der Waals surface area contributed by atoms with Crippen molar-refractivity contribution in [2.75, 3.05) is 19.8 Å². The number of hydrogen-bond acceptors (Lipinski definition) is 8. The number of carbonyl (C=O) groups is 4. The van der Waals surface area contributed by atoms with Crippen LogP contribution in [0.25, 0.3) is 0 Å². The van der Waals surface area contributed by atoms with E-state index in [1.54, 1.807) is 0 Å². The molecule has 8 nitrogen and oxygen atoms in total. The molecule has 314 valence electrons. The van der Waals surface area contributed by atoms with Gasteiger partial charge in [-0.2, -0.15) is 0 Å². The van der Waals surface area contributed by atoms with E-state index in [4.69, 9.17) is 18.9 Å². The molecule has 0 saturated carbocycles. The highest BCUT2D eigenvalue weighted by atomic mass is 16.6.